The molecule has 1 N–H and O–H groups in total. The molecule has 0 radical (unpaired) electrons. The minimum atomic E-state index is -1.18. The maximum absolute atomic E-state index is 11.7. The van der Waals surface area contributed by atoms with Crippen molar-refractivity contribution in [2.75, 3.05) is 35.5 Å². The Morgan fingerprint density at radius 3 is 1.34 bits per heavy atom. The molecule has 1 aliphatic heterocycles. The van der Waals surface area contributed by atoms with Crippen LogP contribution in [0, 0.1) is 11.8 Å². The lowest BCUT2D eigenvalue weighted by Crippen LogP contribution is -2.59. The minimum absolute atomic E-state index is 0.126. The zero-order valence-corrected chi connectivity index (χ0v) is 20.7. The van der Waals surface area contributed by atoms with Gasteiger partial charge in [0.25, 0.3) is 0 Å². The molecule has 1 heterocycles. The van der Waals surface area contributed by atoms with E-state index < -0.39 is 48.6 Å². The molecule has 0 aliphatic carbocycles. The molecule has 0 aromatic carbocycles. The van der Waals surface area contributed by atoms with E-state index in [-0.39, 0.29) is 17.2 Å². The van der Waals surface area contributed by atoms with Crippen LogP contribution < -0.4 is 0 Å². The van der Waals surface area contributed by atoms with Crippen LogP contribution in [0.3, 0.4) is 0 Å². The second-order valence-electron chi connectivity index (χ2n) is 9.07. The van der Waals surface area contributed by atoms with Gasteiger partial charge in [0.15, 0.2) is 0 Å². The molecule has 1 saturated heterocycles. The molecule has 0 saturated carbocycles. The van der Waals surface area contributed by atoms with Crippen LogP contribution in [-0.4, -0.2) is 86.6 Å². The molecular weight excluding hydrogens is 422 g/mol. The summed E-state index contributed by atoms with van der Waals surface area (Å²) in [6, 6.07) is 0. The number of likely N-dealkylation sites (tertiary alicyclic amines) is 1. The maximum Gasteiger partial charge on any atom is 0.310 e. The number of carbonyl (C=O) groups is 4. The van der Waals surface area contributed by atoms with Gasteiger partial charge in [-0.25, -0.2) is 0 Å². The Bertz CT molecular complexity index is 606. The van der Waals surface area contributed by atoms with E-state index >= 15 is 0 Å². The normalized spacial score (nSPS) is 19.4. The van der Waals surface area contributed by atoms with E-state index in [0.29, 0.717) is 0 Å². The van der Waals surface area contributed by atoms with Crippen molar-refractivity contribution in [2.45, 2.75) is 70.6 Å². The molecule has 10 heteroatoms. The van der Waals surface area contributed by atoms with Crippen molar-refractivity contribution >= 4 is 23.9 Å². The number of hydrogen-bond donors (Lipinski definition) is 1. The third-order valence-corrected chi connectivity index (χ3v) is 6.01. The predicted molar refractivity (Wildman–Crippen MR) is 115 cm³/mol. The number of carbonyl (C=O) groups excluding carboxylic acids is 4. The number of nitrogens with zero attached hydrogens (tertiary/aromatic N) is 1. The van der Waals surface area contributed by atoms with Gasteiger partial charge in [-0.1, -0.05) is 0 Å². The van der Waals surface area contributed by atoms with E-state index in [9.17, 15) is 24.3 Å². The number of aliphatic hydroxyl groups excluding tert-OH is 1. The fourth-order valence-electron chi connectivity index (χ4n) is 3.93. The van der Waals surface area contributed by atoms with Crippen molar-refractivity contribution in [3.8, 4) is 0 Å². The summed E-state index contributed by atoms with van der Waals surface area (Å²) in [4.78, 5) is 48.4. The van der Waals surface area contributed by atoms with Crippen molar-refractivity contribution < 1.29 is 43.2 Å². The van der Waals surface area contributed by atoms with Crippen LogP contribution in [0.15, 0.2) is 0 Å². The van der Waals surface area contributed by atoms with Gasteiger partial charge in [0.05, 0.1) is 59.2 Å². The Labute approximate surface area is 190 Å². The van der Waals surface area contributed by atoms with Crippen LogP contribution in [0.2, 0.25) is 0 Å². The van der Waals surface area contributed by atoms with Gasteiger partial charge in [0.1, 0.15) is 0 Å². The molecule has 10 nitrogen and oxygen atoms in total. The fourth-order valence-corrected chi connectivity index (χ4v) is 3.93. The quantitative estimate of drug-likeness (QED) is 0.438. The van der Waals surface area contributed by atoms with Crippen molar-refractivity contribution in [1.82, 2.24) is 4.90 Å². The van der Waals surface area contributed by atoms with Gasteiger partial charge in [-0.3, -0.25) is 24.1 Å². The van der Waals surface area contributed by atoms with Crippen LogP contribution >= 0.6 is 0 Å². The Kier molecular flexibility index (Phi) is 11.9. The molecule has 0 bridgehead atoms. The summed E-state index contributed by atoms with van der Waals surface area (Å²) in [6.07, 6.45) is 0.825. The first-order chi connectivity index (χ1) is 14.7. The number of hydrogen-bond acceptors (Lipinski definition) is 10. The molecule has 186 valence electrons. The van der Waals surface area contributed by atoms with Gasteiger partial charge >= 0.3 is 23.9 Å². The monoisotopic (exact) mass is 461 g/mol. The molecular formula is C22H39NO9. The molecule has 1 rings (SSSR count). The van der Waals surface area contributed by atoms with Gasteiger partial charge in [0.2, 0.25) is 0 Å². The molecule has 1 fully saturated rings. The third kappa shape index (κ3) is 8.74. The second-order valence-corrected chi connectivity index (χ2v) is 9.07. The maximum atomic E-state index is 11.7. The zero-order chi connectivity index (χ0) is 25.3. The lowest BCUT2D eigenvalue weighted by atomic mass is 9.79. The number of aliphatic hydroxyl groups is 1. The predicted octanol–water partition coefficient (Wildman–Crippen LogP) is 1.32. The molecule has 0 amide bonds. The standard InChI is InChI=1S/C12H18O8.C10H21NO/c1-17-9(13)5-7(11(15)19-3)8(12(16)20-4)6-10(14)18-2;1-9(2)6-8(12)7-10(3,4)11(9)5/h7-8H,5-6H2,1-4H3;8,12H,6-7H2,1-5H3. The topological polar surface area (TPSA) is 129 Å². The number of piperidine rings is 1. The highest BCUT2D eigenvalue weighted by molar-refractivity contribution is 5.88. The Morgan fingerprint density at radius 2 is 1.09 bits per heavy atom. The lowest BCUT2D eigenvalue weighted by Gasteiger charge is -2.52. The third-order valence-electron chi connectivity index (χ3n) is 6.01. The highest BCUT2D eigenvalue weighted by Gasteiger charge is 2.42. The van der Waals surface area contributed by atoms with Crippen molar-refractivity contribution in [1.29, 1.82) is 0 Å². The molecule has 32 heavy (non-hydrogen) atoms. The van der Waals surface area contributed by atoms with Crippen molar-refractivity contribution in [2.24, 2.45) is 11.8 Å². The fraction of sp³-hybridized carbons (Fsp3) is 0.818. The summed E-state index contributed by atoms with van der Waals surface area (Å²) < 4.78 is 18.0. The van der Waals surface area contributed by atoms with Crippen LogP contribution in [0.4, 0.5) is 0 Å². The van der Waals surface area contributed by atoms with Crippen molar-refractivity contribution in [3.63, 3.8) is 0 Å². The smallest absolute Gasteiger partial charge is 0.310 e. The van der Waals surface area contributed by atoms with E-state index in [1.54, 1.807) is 0 Å². The summed E-state index contributed by atoms with van der Waals surface area (Å²) in [5.41, 5.74) is 0.252. The van der Waals surface area contributed by atoms with Crippen LogP contribution in [-0.2, 0) is 38.1 Å². The second kappa shape index (κ2) is 12.7. The molecule has 0 aromatic heterocycles. The molecule has 2 unspecified atom stereocenters. The number of esters is 4. The first-order valence-electron chi connectivity index (χ1n) is 10.4. The number of methoxy groups -OCH3 is 4. The van der Waals surface area contributed by atoms with E-state index in [0.717, 1.165) is 41.3 Å². The Hall–Kier alpha value is -2.20. The van der Waals surface area contributed by atoms with Crippen molar-refractivity contribution in [3.05, 3.63) is 0 Å². The van der Waals surface area contributed by atoms with Gasteiger partial charge in [0, 0.05) is 11.1 Å². The van der Waals surface area contributed by atoms with Crippen LogP contribution in [0.1, 0.15) is 53.4 Å². The largest absolute Gasteiger partial charge is 0.469 e. The lowest BCUT2D eigenvalue weighted by molar-refractivity contribution is -0.164. The minimum Gasteiger partial charge on any atom is -0.469 e. The average molecular weight is 462 g/mol. The highest BCUT2D eigenvalue weighted by atomic mass is 16.5. The summed E-state index contributed by atoms with van der Waals surface area (Å²) in [7, 11) is 6.65. The first kappa shape index (κ1) is 29.8. The Morgan fingerprint density at radius 1 is 0.781 bits per heavy atom. The SMILES string of the molecule is CN1C(C)(C)CC(O)CC1(C)C.COC(=O)CC(C(=O)OC)C(CC(=O)OC)C(=O)OC. The summed E-state index contributed by atoms with van der Waals surface area (Å²) in [5.74, 6) is -5.40. The van der Waals surface area contributed by atoms with Gasteiger partial charge in [-0.15, -0.1) is 0 Å². The van der Waals surface area contributed by atoms with E-state index in [4.69, 9.17) is 0 Å². The summed E-state index contributed by atoms with van der Waals surface area (Å²) in [5, 5.41) is 9.67. The van der Waals surface area contributed by atoms with Crippen LogP contribution in [0.25, 0.3) is 0 Å². The number of rotatable bonds is 7. The number of ether oxygens (including phenoxy) is 4. The van der Waals surface area contributed by atoms with E-state index in [2.05, 4.69) is 58.6 Å². The van der Waals surface area contributed by atoms with E-state index in [1.807, 2.05) is 0 Å². The molecule has 2 atom stereocenters. The molecule has 0 spiro atoms. The Balaban J connectivity index is 0.000000677. The average Bonchev–Trinajstić information content (AvgIpc) is 2.72. The summed E-state index contributed by atoms with van der Waals surface area (Å²) in [6.45, 7) is 8.77. The summed E-state index contributed by atoms with van der Waals surface area (Å²) >= 11 is 0. The van der Waals surface area contributed by atoms with E-state index in [1.165, 1.54) is 0 Å². The van der Waals surface area contributed by atoms with Crippen LogP contribution in [0.5, 0.6) is 0 Å². The zero-order valence-electron chi connectivity index (χ0n) is 20.7. The highest BCUT2D eigenvalue weighted by Crippen LogP contribution is 2.36. The van der Waals surface area contributed by atoms with Gasteiger partial charge in [-0.05, 0) is 47.6 Å². The first-order valence-corrected chi connectivity index (χ1v) is 10.4. The van der Waals surface area contributed by atoms with Gasteiger partial charge in [-0.2, -0.15) is 0 Å². The molecule has 0 aromatic rings. The van der Waals surface area contributed by atoms with Gasteiger partial charge < -0.3 is 24.1 Å². The molecule has 1 aliphatic rings.